The van der Waals surface area contributed by atoms with E-state index in [0.29, 0.717) is 0 Å². The standard InChI is InChI=1S/C48H37NS/c1-47(2)40-19-8-6-14-35(40)39-29-32(27-28-42(39)47)49(43-21-12-17-37-34-13-5-9-20-41(34)48(3,4)45(37)43)31-25-23-30(24-26-31)33-16-11-18-38-36-15-7-10-22-44(36)50-46(33)38/h5-29H,1-4H3. The van der Waals surface area contributed by atoms with Crippen molar-refractivity contribution in [1.82, 2.24) is 0 Å². The van der Waals surface area contributed by atoms with Crippen molar-refractivity contribution in [2.24, 2.45) is 0 Å². The van der Waals surface area contributed by atoms with E-state index in [9.17, 15) is 0 Å². The molecule has 240 valence electrons. The number of thiophene rings is 1. The van der Waals surface area contributed by atoms with E-state index in [-0.39, 0.29) is 10.8 Å². The molecule has 7 aromatic carbocycles. The highest BCUT2D eigenvalue weighted by Gasteiger charge is 2.40. The molecule has 1 nitrogen and oxygen atoms in total. The van der Waals surface area contributed by atoms with Crippen LogP contribution in [0.3, 0.4) is 0 Å². The van der Waals surface area contributed by atoms with E-state index in [1.807, 2.05) is 11.3 Å². The maximum atomic E-state index is 2.50. The van der Waals surface area contributed by atoms with E-state index in [1.54, 1.807) is 0 Å². The topological polar surface area (TPSA) is 3.24 Å². The van der Waals surface area contributed by atoms with Crippen LogP contribution in [0.15, 0.2) is 152 Å². The summed E-state index contributed by atoms with van der Waals surface area (Å²) in [4.78, 5) is 2.50. The summed E-state index contributed by atoms with van der Waals surface area (Å²) in [6.07, 6.45) is 0. The molecule has 0 spiro atoms. The van der Waals surface area contributed by atoms with Crippen LogP contribution >= 0.6 is 11.3 Å². The van der Waals surface area contributed by atoms with Crippen LogP contribution in [0.25, 0.3) is 53.6 Å². The lowest BCUT2D eigenvalue weighted by molar-refractivity contribution is 0.660. The largest absolute Gasteiger partial charge is 0.310 e. The Bertz CT molecular complexity index is 2650. The third kappa shape index (κ3) is 4.06. The van der Waals surface area contributed by atoms with Gasteiger partial charge in [-0.25, -0.2) is 0 Å². The smallest absolute Gasteiger partial charge is 0.0508 e. The molecule has 0 N–H and O–H groups in total. The molecule has 10 rings (SSSR count). The lowest BCUT2D eigenvalue weighted by Crippen LogP contribution is -2.21. The van der Waals surface area contributed by atoms with Gasteiger partial charge in [0.05, 0.1) is 5.69 Å². The molecule has 0 saturated carbocycles. The first kappa shape index (κ1) is 29.5. The molecule has 1 heterocycles. The van der Waals surface area contributed by atoms with E-state index >= 15 is 0 Å². The second kappa shape index (κ2) is 10.5. The number of benzene rings is 7. The molecule has 0 unspecified atom stereocenters. The molecular formula is C48H37NS. The first-order chi connectivity index (χ1) is 24.3. The molecular weight excluding hydrogens is 623 g/mol. The van der Waals surface area contributed by atoms with Crippen LogP contribution in [0.4, 0.5) is 17.1 Å². The zero-order chi connectivity index (χ0) is 33.8. The van der Waals surface area contributed by atoms with Crippen LogP contribution in [0.5, 0.6) is 0 Å². The third-order valence-electron chi connectivity index (χ3n) is 11.5. The van der Waals surface area contributed by atoms with E-state index in [0.717, 1.165) is 5.69 Å². The van der Waals surface area contributed by atoms with Gasteiger partial charge in [-0.2, -0.15) is 0 Å². The van der Waals surface area contributed by atoms with E-state index < -0.39 is 0 Å². The van der Waals surface area contributed by atoms with Gasteiger partial charge in [0.15, 0.2) is 0 Å². The van der Waals surface area contributed by atoms with E-state index in [4.69, 9.17) is 0 Å². The zero-order valence-corrected chi connectivity index (χ0v) is 29.6. The Kier molecular flexibility index (Phi) is 6.21. The summed E-state index contributed by atoms with van der Waals surface area (Å²) in [5, 5.41) is 2.66. The van der Waals surface area contributed by atoms with Crippen LogP contribution in [0.1, 0.15) is 49.9 Å². The van der Waals surface area contributed by atoms with Gasteiger partial charge in [-0.3, -0.25) is 0 Å². The number of rotatable bonds is 4. The second-order valence-electron chi connectivity index (χ2n) is 14.9. The monoisotopic (exact) mass is 659 g/mol. The van der Waals surface area contributed by atoms with Crippen molar-refractivity contribution in [2.75, 3.05) is 4.90 Å². The fourth-order valence-electron chi connectivity index (χ4n) is 9.04. The van der Waals surface area contributed by atoms with Gasteiger partial charge in [-0.05, 0) is 92.0 Å². The highest BCUT2D eigenvalue weighted by atomic mass is 32.1. The van der Waals surface area contributed by atoms with Gasteiger partial charge >= 0.3 is 0 Å². The number of fused-ring (bicyclic) bond motifs is 9. The van der Waals surface area contributed by atoms with Crippen LogP contribution in [0, 0.1) is 0 Å². The zero-order valence-electron chi connectivity index (χ0n) is 28.8. The second-order valence-corrected chi connectivity index (χ2v) is 16.0. The molecule has 2 aliphatic rings. The normalized spacial score (nSPS) is 14.7. The molecule has 0 bridgehead atoms. The number of hydrogen-bond acceptors (Lipinski definition) is 2. The fraction of sp³-hybridized carbons (Fsp3) is 0.125. The Hall–Kier alpha value is -5.44. The third-order valence-corrected chi connectivity index (χ3v) is 12.7. The minimum atomic E-state index is -0.150. The highest BCUT2D eigenvalue weighted by molar-refractivity contribution is 7.26. The predicted octanol–water partition coefficient (Wildman–Crippen LogP) is 13.8. The van der Waals surface area contributed by atoms with Crippen molar-refractivity contribution in [3.8, 4) is 33.4 Å². The number of hydrogen-bond donors (Lipinski definition) is 0. The van der Waals surface area contributed by atoms with Crippen LogP contribution in [-0.2, 0) is 10.8 Å². The Balaban J connectivity index is 1.17. The first-order valence-corrected chi connectivity index (χ1v) is 18.4. The van der Waals surface area contributed by atoms with Gasteiger partial charge in [0.1, 0.15) is 0 Å². The SMILES string of the molecule is CC1(C)c2ccccc2-c2cc(N(c3ccc(-c4cccc5c4sc4ccccc45)cc3)c3cccc4c3C(C)(C)c3ccccc3-4)ccc21. The summed E-state index contributed by atoms with van der Waals surface area (Å²) >= 11 is 1.89. The summed E-state index contributed by atoms with van der Waals surface area (Å²) in [6, 6.07) is 56.7. The quantitative estimate of drug-likeness (QED) is 0.182. The average molecular weight is 660 g/mol. The number of nitrogens with zero attached hydrogens (tertiary/aromatic N) is 1. The molecule has 1 aromatic heterocycles. The predicted molar refractivity (Wildman–Crippen MR) is 215 cm³/mol. The van der Waals surface area contributed by atoms with Crippen molar-refractivity contribution in [3.63, 3.8) is 0 Å². The summed E-state index contributed by atoms with van der Waals surface area (Å²) in [5.74, 6) is 0. The molecule has 0 aliphatic heterocycles. The highest BCUT2D eigenvalue weighted by Crippen LogP contribution is 2.56. The van der Waals surface area contributed by atoms with Crippen molar-refractivity contribution in [1.29, 1.82) is 0 Å². The molecule has 0 atom stereocenters. The van der Waals surface area contributed by atoms with Crippen LogP contribution in [-0.4, -0.2) is 0 Å². The maximum Gasteiger partial charge on any atom is 0.0508 e. The molecule has 8 aromatic rings. The average Bonchev–Trinajstić information content (AvgIpc) is 3.72. The number of anilines is 3. The molecule has 2 aliphatic carbocycles. The Morgan fingerprint density at radius 2 is 1.02 bits per heavy atom. The Morgan fingerprint density at radius 3 is 1.82 bits per heavy atom. The van der Waals surface area contributed by atoms with Gasteiger partial charge in [0.2, 0.25) is 0 Å². The molecule has 0 fully saturated rings. The van der Waals surface area contributed by atoms with Crippen molar-refractivity contribution in [3.05, 3.63) is 174 Å². The Labute approximate surface area is 298 Å². The molecule has 0 radical (unpaired) electrons. The van der Waals surface area contributed by atoms with Gasteiger partial charge in [0.25, 0.3) is 0 Å². The summed E-state index contributed by atoms with van der Waals surface area (Å²) in [7, 11) is 0. The molecule has 0 saturated heterocycles. The van der Waals surface area contributed by atoms with Crippen molar-refractivity contribution >= 4 is 48.6 Å². The van der Waals surface area contributed by atoms with Gasteiger partial charge in [0, 0.05) is 42.4 Å². The van der Waals surface area contributed by atoms with Crippen molar-refractivity contribution in [2.45, 2.75) is 38.5 Å². The van der Waals surface area contributed by atoms with Gasteiger partial charge in [-0.1, -0.05) is 143 Å². The maximum absolute atomic E-state index is 2.50. The van der Waals surface area contributed by atoms with Crippen LogP contribution in [0.2, 0.25) is 0 Å². The lowest BCUT2D eigenvalue weighted by atomic mass is 9.81. The minimum absolute atomic E-state index is 0.0395. The van der Waals surface area contributed by atoms with E-state index in [2.05, 4.69) is 184 Å². The van der Waals surface area contributed by atoms with Gasteiger partial charge in [-0.15, -0.1) is 11.3 Å². The molecule has 0 amide bonds. The summed E-state index contributed by atoms with van der Waals surface area (Å²) < 4.78 is 2.68. The summed E-state index contributed by atoms with van der Waals surface area (Å²) in [6.45, 7) is 9.48. The minimum Gasteiger partial charge on any atom is -0.310 e. The molecule has 2 heteroatoms. The van der Waals surface area contributed by atoms with E-state index in [1.165, 1.54) is 87.2 Å². The lowest BCUT2D eigenvalue weighted by Gasteiger charge is -2.32. The fourth-order valence-corrected chi connectivity index (χ4v) is 10.3. The molecule has 50 heavy (non-hydrogen) atoms. The van der Waals surface area contributed by atoms with Crippen molar-refractivity contribution < 1.29 is 0 Å². The Morgan fingerprint density at radius 1 is 0.440 bits per heavy atom. The van der Waals surface area contributed by atoms with Gasteiger partial charge < -0.3 is 4.90 Å². The first-order valence-electron chi connectivity index (χ1n) is 17.6. The summed E-state index contributed by atoms with van der Waals surface area (Å²) in [5.41, 5.74) is 16.8. The van der Waals surface area contributed by atoms with Crippen LogP contribution < -0.4 is 4.90 Å².